The molecule has 7 heteroatoms. The lowest BCUT2D eigenvalue weighted by Crippen LogP contribution is -2.41. The number of hydrogen-bond acceptors (Lipinski definition) is 4. The molecular weight excluding hydrogens is 352 g/mol. The summed E-state index contributed by atoms with van der Waals surface area (Å²) in [4.78, 5) is 12.7. The van der Waals surface area contributed by atoms with Crippen LogP contribution >= 0.6 is 0 Å². The smallest absolute Gasteiger partial charge is 0.251 e. The second kappa shape index (κ2) is 9.48. The van der Waals surface area contributed by atoms with Crippen molar-refractivity contribution in [2.45, 2.75) is 57.4 Å². The molecule has 1 fully saturated rings. The third-order valence-electron chi connectivity index (χ3n) is 4.66. The number of ether oxygens (including phenoxy) is 1. The number of sulfonamides is 1. The van der Waals surface area contributed by atoms with E-state index in [-0.39, 0.29) is 16.8 Å². The number of unbranched alkanes of at least 4 members (excludes halogenated alkanes) is 2. The van der Waals surface area contributed by atoms with Crippen LogP contribution < -0.4 is 5.32 Å². The standard InChI is InChI=1S/C19H30N2O4S/c1-4-5-6-7-16(3)20-19(22)17-9-8-15(2)18(14-17)26(23,24)21-10-12-25-13-11-21/h8-9,14,16H,4-7,10-13H2,1-3H3,(H,20,22). The lowest BCUT2D eigenvalue weighted by atomic mass is 10.1. The Morgan fingerprint density at radius 1 is 1.27 bits per heavy atom. The van der Waals surface area contributed by atoms with Crippen LogP contribution in [0.4, 0.5) is 0 Å². The first-order valence-corrected chi connectivity index (χ1v) is 10.8. The molecule has 1 amide bonds. The number of rotatable bonds is 8. The predicted octanol–water partition coefficient (Wildman–Crippen LogP) is 2.71. The van der Waals surface area contributed by atoms with E-state index in [1.54, 1.807) is 19.1 Å². The van der Waals surface area contributed by atoms with Crippen molar-refractivity contribution < 1.29 is 17.9 Å². The summed E-state index contributed by atoms with van der Waals surface area (Å²) in [5, 5.41) is 2.97. The van der Waals surface area contributed by atoms with E-state index >= 15 is 0 Å². The molecule has 1 aromatic carbocycles. The van der Waals surface area contributed by atoms with E-state index in [9.17, 15) is 13.2 Å². The highest BCUT2D eigenvalue weighted by molar-refractivity contribution is 7.89. The number of benzene rings is 1. The maximum Gasteiger partial charge on any atom is 0.251 e. The van der Waals surface area contributed by atoms with Gasteiger partial charge in [-0.3, -0.25) is 4.79 Å². The van der Waals surface area contributed by atoms with Gasteiger partial charge in [0.25, 0.3) is 5.91 Å². The van der Waals surface area contributed by atoms with E-state index < -0.39 is 10.0 Å². The van der Waals surface area contributed by atoms with Crippen molar-refractivity contribution in [2.24, 2.45) is 0 Å². The Balaban J connectivity index is 2.14. The molecular formula is C19H30N2O4S. The minimum Gasteiger partial charge on any atom is -0.379 e. The molecule has 1 saturated heterocycles. The number of carbonyl (C=O) groups is 1. The Bertz CT molecular complexity index is 712. The fourth-order valence-electron chi connectivity index (χ4n) is 3.03. The zero-order chi connectivity index (χ0) is 19.2. The van der Waals surface area contributed by atoms with Crippen molar-refractivity contribution in [1.29, 1.82) is 0 Å². The molecule has 1 atom stereocenters. The molecule has 6 nitrogen and oxygen atoms in total. The molecule has 1 aliphatic heterocycles. The third kappa shape index (κ3) is 5.28. The Hall–Kier alpha value is -1.44. The van der Waals surface area contributed by atoms with Gasteiger partial charge in [-0.05, 0) is 38.0 Å². The molecule has 0 saturated carbocycles. The van der Waals surface area contributed by atoms with Crippen LogP contribution in [-0.4, -0.2) is 51.0 Å². The van der Waals surface area contributed by atoms with Crippen LogP contribution in [0.3, 0.4) is 0 Å². The molecule has 1 heterocycles. The summed E-state index contributed by atoms with van der Waals surface area (Å²) >= 11 is 0. The summed E-state index contributed by atoms with van der Waals surface area (Å²) in [6.07, 6.45) is 4.28. The van der Waals surface area contributed by atoms with Crippen LogP contribution in [0.15, 0.2) is 23.1 Å². The molecule has 1 aromatic rings. The number of morpholine rings is 1. The average Bonchev–Trinajstić information content (AvgIpc) is 2.62. The van der Waals surface area contributed by atoms with Crippen molar-refractivity contribution in [3.63, 3.8) is 0 Å². The molecule has 1 unspecified atom stereocenters. The number of amides is 1. The van der Waals surface area contributed by atoms with Crippen molar-refractivity contribution in [3.05, 3.63) is 29.3 Å². The second-order valence-electron chi connectivity index (χ2n) is 6.87. The van der Waals surface area contributed by atoms with Gasteiger partial charge in [0.2, 0.25) is 10.0 Å². The second-order valence-corrected chi connectivity index (χ2v) is 8.77. The summed E-state index contributed by atoms with van der Waals surface area (Å²) < 4.78 is 32.5. The first-order chi connectivity index (χ1) is 12.4. The van der Waals surface area contributed by atoms with Crippen LogP contribution in [0.1, 0.15) is 55.5 Å². The molecule has 26 heavy (non-hydrogen) atoms. The number of aryl methyl sites for hydroxylation is 1. The Morgan fingerprint density at radius 2 is 1.96 bits per heavy atom. The normalized spacial score (nSPS) is 17.0. The summed E-state index contributed by atoms with van der Waals surface area (Å²) in [5.74, 6) is -0.229. The maximum absolute atomic E-state index is 12.9. The number of nitrogens with zero attached hydrogens (tertiary/aromatic N) is 1. The van der Waals surface area contributed by atoms with Crippen LogP contribution in [-0.2, 0) is 14.8 Å². The van der Waals surface area contributed by atoms with Crippen LogP contribution in [0, 0.1) is 6.92 Å². The fraction of sp³-hybridized carbons (Fsp3) is 0.632. The fourth-order valence-corrected chi connectivity index (χ4v) is 4.68. The SMILES string of the molecule is CCCCCC(C)NC(=O)c1ccc(C)c(S(=O)(=O)N2CCOCC2)c1. The highest BCUT2D eigenvalue weighted by Crippen LogP contribution is 2.22. The van der Waals surface area contributed by atoms with Crippen molar-refractivity contribution in [1.82, 2.24) is 9.62 Å². The molecule has 2 rings (SSSR count). The summed E-state index contributed by atoms with van der Waals surface area (Å²) in [7, 11) is -3.62. The molecule has 0 aromatic heterocycles. The van der Waals surface area contributed by atoms with Gasteiger partial charge in [0.05, 0.1) is 18.1 Å². The first kappa shape index (κ1) is 20.9. The molecule has 0 spiro atoms. The first-order valence-electron chi connectivity index (χ1n) is 9.35. The minimum atomic E-state index is -3.62. The molecule has 1 aliphatic rings. The van der Waals surface area contributed by atoms with Gasteiger partial charge in [0.1, 0.15) is 0 Å². The van der Waals surface area contributed by atoms with Gasteiger partial charge in [0.15, 0.2) is 0 Å². The summed E-state index contributed by atoms with van der Waals surface area (Å²) in [5.41, 5.74) is 1.02. The third-order valence-corrected chi connectivity index (χ3v) is 6.70. The Morgan fingerprint density at radius 3 is 2.62 bits per heavy atom. The summed E-state index contributed by atoms with van der Waals surface area (Å²) in [6, 6.07) is 4.94. The number of carbonyl (C=O) groups excluding carboxylic acids is 1. The van der Waals surface area contributed by atoms with E-state index in [1.165, 1.54) is 10.4 Å². The van der Waals surface area contributed by atoms with Gasteiger partial charge in [-0.2, -0.15) is 4.31 Å². The lowest BCUT2D eigenvalue weighted by Gasteiger charge is -2.26. The highest BCUT2D eigenvalue weighted by atomic mass is 32.2. The van der Waals surface area contributed by atoms with Gasteiger partial charge in [-0.1, -0.05) is 32.3 Å². The zero-order valence-corrected chi connectivity index (χ0v) is 16.8. The molecule has 0 bridgehead atoms. The van der Waals surface area contributed by atoms with E-state index in [4.69, 9.17) is 4.74 Å². The van der Waals surface area contributed by atoms with Crippen LogP contribution in [0.5, 0.6) is 0 Å². The zero-order valence-electron chi connectivity index (χ0n) is 16.0. The van der Waals surface area contributed by atoms with E-state index in [1.807, 2.05) is 6.92 Å². The largest absolute Gasteiger partial charge is 0.379 e. The quantitative estimate of drug-likeness (QED) is 0.702. The van der Waals surface area contributed by atoms with Gasteiger partial charge >= 0.3 is 0 Å². The summed E-state index contributed by atoms with van der Waals surface area (Å²) in [6.45, 7) is 7.35. The van der Waals surface area contributed by atoms with Gasteiger partial charge < -0.3 is 10.1 Å². The number of nitrogens with one attached hydrogen (secondary N) is 1. The van der Waals surface area contributed by atoms with Crippen molar-refractivity contribution in [3.8, 4) is 0 Å². The lowest BCUT2D eigenvalue weighted by molar-refractivity contribution is 0.0730. The molecule has 0 radical (unpaired) electrons. The Labute approximate surface area is 157 Å². The Kier molecular flexibility index (Phi) is 7.61. The predicted molar refractivity (Wildman–Crippen MR) is 102 cm³/mol. The van der Waals surface area contributed by atoms with Crippen molar-refractivity contribution in [2.75, 3.05) is 26.3 Å². The monoisotopic (exact) mass is 382 g/mol. The molecule has 0 aliphatic carbocycles. The maximum atomic E-state index is 12.9. The van der Waals surface area contributed by atoms with E-state index in [0.29, 0.717) is 37.4 Å². The van der Waals surface area contributed by atoms with E-state index in [2.05, 4.69) is 12.2 Å². The van der Waals surface area contributed by atoms with Crippen molar-refractivity contribution >= 4 is 15.9 Å². The highest BCUT2D eigenvalue weighted by Gasteiger charge is 2.28. The minimum absolute atomic E-state index is 0.0645. The van der Waals surface area contributed by atoms with E-state index in [0.717, 1.165) is 25.7 Å². The van der Waals surface area contributed by atoms with Crippen LogP contribution in [0.25, 0.3) is 0 Å². The van der Waals surface area contributed by atoms with Gasteiger partial charge in [-0.15, -0.1) is 0 Å². The molecule has 146 valence electrons. The topological polar surface area (TPSA) is 75.7 Å². The number of hydrogen-bond donors (Lipinski definition) is 1. The molecule has 1 N–H and O–H groups in total. The van der Waals surface area contributed by atoms with Crippen LogP contribution in [0.2, 0.25) is 0 Å². The average molecular weight is 383 g/mol. The van der Waals surface area contributed by atoms with Gasteiger partial charge in [-0.25, -0.2) is 8.42 Å². The van der Waals surface area contributed by atoms with Gasteiger partial charge in [0, 0.05) is 24.7 Å².